The smallest absolute Gasteiger partial charge is 0.410 e. The van der Waals surface area contributed by atoms with Crippen LogP contribution in [0.5, 0.6) is 0 Å². The fourth-order valence-electron chi connectivity index (χ4n) is 2.11. The Balaban J connectivity index is 0.000000442. The first-order chi connectivity index (χ1) is 12.8. The number of carbonyl (C=O) groups is 2. The summed E-state index contributed by atoms with van der Waals surface area (Å²) in [6.07, 6.45) is 0.0417. The summed E-state index contributed by atoms with van der Waals surface area (Å²) >= 11 is 0. The summed E-state index contributed by atoms with van der Waals surface area (Å²) in [5.41, 5.74) is -0.812. The van der Waals surface area contributed by atoms with E-state index in [2.05, 4.69) is 17.6 Å². The summed E-state index contributed by atoms with van der Waals surface area (Å²) in [7, 11) is 1.31. The monoisotopic (exact) mass is 458 g/mol. The average molecular weight is 459 g/mol. The van der Waals surface area contributed by atoms with Crippen molar-refractivity contribution in [3.63, 3.8) is 0 Å². The highest BCUT2D eigenvalue weighted by Gasteiger charge is 2.32. The number of nitrogens with zero attached hydrogens (tertiary/aromatic N) is 2. The Labute approximate surface area is 178 Å². The molecule has 0 aromatic heterocycles. The van der Waals surface area contributed by atoms with Crippen LogP contribution < -0.4 is 0 Å². The lowest BCUT2D eigenvalue weighted by Gasteiger charge is -2.37. The largest absolute Gasteiger partial charge is 0.444 e. The molecule has 1 N–H and O–H groups in total. The van der Waals surface area contributed by atoms with E-state index in [0.717, 1.165) is 19.3 Å². The standard InChI is InChI=1S/C9H17NO2.C8H15NO3.CH3ClO2S/c1-7-5-10(6-7)8(11)12-9(2,3)4;1-8(2,3)12-7(11)9-4-6(10)5-9;1-5(2,3)4/h7H,5-6H2,1-4H3;6,10H,4-5H2,1-3H3;1H3. The third-order valence-electron chi connectivity index (χ3n) is 3.23. The van der Waals surface area contributed by atoms with Crippen LogP contribution in [0, 0.1) is 5.92 Å². The molecule has 0 aromatic rings. The zero-order valence-corrected chi connectivity index (χ0v) is 20.1. The SMILES string of the molecule is CC(C)(C)OC(=O)N1CC(O)C1.CC1CN(C(=O)OC(C)(C)C)C1.CS(=O)(=O)Cl. The van der Waals surface area contributed by atoms with Gasteiger partial charge < -0.3 is 24.4 Å². The lowest BCUT2D eigenvalue weighted by Crippen LogP contribution is -2.54. The van der Waals surface area contributed by atoms with Crippen molar-refractivity contribution in [3.8, 4) is 0 Å². The molecule has 2 saturated heterocycles. The number of carbonyl (C=O) groups excluding carboxylic acids is 2. The van der Waals surface area contributed by atoms with Crippen molar-refractivity contribution in [1.29, 1.82) is 0 Å². The maximum atomic E-state index is 11.3. The van der Waals surface area contributed by atoms with Crippen LogP contribution in [0.15, 0.2) is 0 Å². The Hall–Kier alpha value is -1.26. The predicted octanol–water partition coefficient (Wildman–Crippen LogP) is 2.66. The molecule has 2 aliphatic heterocycles. The number of aliphatic hydroxyl groups excluding tert-OH is 1. The summed E-state index contributed by atoms with van der Waals surface area (Å²) in [6.45, 7) is 15.7. The number of halogens is 1. The number of ether oxygens (including phenoxy) is 2. The van der Waals surface area contributed by atoms with Gasteiger partial charge in [0.25, 0.3) is 0 Å². The van der Waals surface area contributed by atoms with E-state index in [-0.39, 0.29) is 23.9 Å². The van der Waals surface area contributed by atoms with Gasteiger partial charge in [0.2, 0.25) is 9.05 Å². The van der Waals surface area contributed by atoms with Gasteiger partial charge in [-0.3, -0.25) is 0 Å². The maximum Gasteiger partial charge on any atom is 0.410 e. The third-order valence-corrected chi connectivity index (χ3v) is 3.23. The van der Waals surface area contributed by atoms with Gasteiger partial charge in [-0.05, 0) is 47.5 Å². The fourth-order valence-corrected chi connectivity index (χ4v) is 2.11. The molecule has 2 heterocycles. The van der Waals surface area contributed by atoms with Crippen LogP contribution in [0.3, 0.4) is 0 Å². The molecule has 2 fully saturated rings. The predicted molar refractivity (Wildman–Crippen MR) is 111 cm³/mol. The summed E-state index contributed by atoms with van der Waals surface area (Å²) < 4.78 is 29.0. The van der Waals surface area contributed by atoms with Crippen LogP contribution in [0.25, 0.3) is 0 Å². The number of hydrogen-bond donors (Lipinski definition) is 1. The molecular weight excluding hydrogens is 424 g/mol. The van der Waals surface area contributed by atoms with E-state index in [1.165, 1.54) is 4.90 Å². The number of hydrogen-bond acceptors (Lipinski definition) is 7. The molecule has 0 spiro atoms. The molecule has 0 unspecified atom stereocenters. The number of likely N-dealkylation sites (tertiary alicyclic amines) is 2. The lowest BCUT2D eigenvalue weighted by atomic mass is 10.0. The Morgan fingerprint density at radius 3 is 1.38 bits per heavy atom. The third kappa shape index (κ3) is 15.3. The summed E-state index contributed by atoms with van der Waals surface area (Å²) in [6, 6.07) is 0. The molecule has 0 radical (unpaired) electrons. The van der Waals surface area contributed by atoms with Crippen molar-refractivity contribution in [2.75, 3.05) is 32.4 Å². The molecule has 0 aromatic carbocycles. The van der Waals surface area contributed by atoms with Gasteiger partial charge in [0.05, 0.1) is 25.4 Å². The second-order valence-electron chi connectivity index (χ2n) is 9.21. The molecule has 0 saturated carbocycles. The quantitative estimate of drug-likeness (QED) is 0.555. The van der Waals surface area contributed by atoms with Crippen LogP contribution in [-0.2, 0) is 18.5 Å². The highest BCUT2D eigenvalue weighted by Crippen LogP contribution is 2.18. The van der Waals surface area contributed by atoms with Crippen molar-refractivity contribution < 1.29 is 32.6 Å². The van der Waals surface area contributed by atoms with Gasteiger partial charge in [0.1, 0.15) is 11.2 Å². The zero-order chi connectivity index (χ0) is 23.2. The maximum absolute atomic E-state index is 11.3. The number of aliphatic hydroxyl groups is 1. The highest BCUT2D eigenvalue weighted by molar-refractivity contribution is 8.13. The van der Waals surface area contributed by atoms with Crippen molar-refractivity contribution in [3.05, 3.63) is 0 Å². The van der Waals surface area contributed by atoms with E-state index >= 15 is 0 Å². The van der Waals surface area contributed by atoms with E-state index in [9.17, 15) is 18.0 Å². The zero-order valence-electron chi connectivity index (χ0n) is 18.6. The summed E-state index contributed by atoms with van der Waals surface area (Å²) in [4.78, 5) is 25.7. The Bertz CT molecular complexity index is 594. The van der Waals surface area contributed by atoms with Gasteiger partial charge in [-0.1, -0.05) is 6.92 Å². The molecule has 0 atom stereocenters. The minimum atomic E-state index is -3.19. The summed E-state index contributed by atoms with van der Waals surface area (Å²) in [5.74, 6) is 0.637. The van der Waals surface area contributed by atoms with Crippen LogP contribution in [-0.4, -0.2) is 85.3 Å². The molecule has 29 heavy (non-hydrogen) atoms. The lowest BCUT2D eigenvalue weighted by molar-refractivity contribution is -0.0303. The van der Waals surface area contributed by atoms with E-state index in [0.29, 0.717) is 19.0 Å². The van der Waals surface area contributed by atoms with E-state index in [1.54, 1.807) is 4.90 Å². The number of amides is 2. The molecule has 2 amide bonds. The average Bonchev–Trinajstić information content (AvgIpc) is 2.35. The highest BCUT2D eigenvalue weighted by atomic mass is 35.7. The molecule has 9 nitrogen and oxygen atoms in total. The number of β-amino-alcohol motifs (C(OH)–C–C–N with tert-alkyl or cyclic N) is 1. The molecular formula is C18H35ClN2O7S. The van der Waals surface area contributed by atoms with Crippen molar-refractivity contribution in [2.24, 2.45) is 5.92 Å². The second kappa shape index (κ2) is 10.7. The van der Waals surface area contributed by atoms with E-state index in [4.69, 9.17) is 14.6 Å². The van der Waals surface area contributed by atoms with Crippen LogP contribution >= 0.6 is 10.7 Å². The minimum absolute atomic E-state index is 0.180. The molecule has 2 rings (SSSR count). The summed E-state index contributed by atoms with van der Waals surface area (Å²) in [5, 5.41) is 8.92. The second-order valence-corrected chi connectivity index (χ2v) is 12.3. The van der Waals surface area contributed by atoms with Crippen molar-refractivity contribution in [1.82, 2.24) is 9.80 Å². The Morgan fingerprint density at radius 2 is 1.17 bits per heavy atom. The molecule has 172 valence electrons. The first-order valence-electron chi connectivity index (χ1n) is 9.30. The van der Waals surface area contributed by atoms with E-state index < -0.39 is 14.7 Å². The van der Waals surface area contributed by atoms with Crippen LogP contribution in [0.4, 0.5) is 9.59 Å². The first-order valence-corrected chi connectivity index (χ1v) is 12.0. The fraction of sp³-hybridized carbons (Fsp3) is 0.889. The van der Waals surface area contributed by atoms with Gasteiger partial charge in [-0.25, -0.2) is 18.0 Å². The van der Waals surface area contributed by atoms with Gasteiger partial charge >= 0.3 is 12.2 Å². The molecule has 11 heteroatoms. The Morgan fingerprint density at radius 1 is 0.897 bits per heavy atom. The normalized spacial score (nSPS) is 17.6. The van der Waals surface area contributed by atoms with Gasteiger partial charge in [-0.2, -0.15) is 0 Å². The topological polar surface area (TPSA) is 113 Å². The van der Waals surface area contributed by atoms with Gasteiger partial charge in [0.15, 0.2) is 0 Å². The minimum Gasteiger partial charge on any atom is -0.444 e. The van der Waals surface area contributed by atoms with Gasteiger partial charge in [-0.15, -0.1) is 0 Å². The van der Waals surface area contributed by atoms with Crippen LogP contribution in [0.1, 0.15) is 48.5 Å². The molecule has 2 aliphatic rings. The van der Waals surface area contributed by atoms with Crippen molar-refractivity contribution >= 4 is 31.9 Å². The van der Waals surface area contributed by atoms with E-state index in [1.807, 2.05) is 41.5 Å². The molecule has 0 aliphatic carbocycles. The molecule has 0 bridgehead atoms. The van der Waals surface area contributed by atoms with Crippen LogP contribution in [0.2, 0.25) is 0 Å². The number of rotatable bonds is 0. The Kier molecular flexibility index (Phi) is 10.2. The van der Waals surface area contributed by atoms with Gasteiger partial charge in [0, 0.05) is 23.8 Å². The van der Waals surface area contributed by atoms with Crippen molar-refractivity contribution in [2.45, 2.75) is 65.8 Å². The first kappa shape index (κ1) is 27.7.